The van der Waals surface area contributed by atoms with Crippen LogP contribution in [0.3, 0.4) is 0 Å². The number of amides is 1. The Morgan fingerprint density at radius 3 is 2.70 bits per heavy atom. The lowest BCUT2D eigenvalue weighted by atomic mass is 10.1. The second-order valence-electron chi connectivity index (χ2n) is 8.41. The van der Waals surface area contributed by atoms with E-state index >= 15 is 0 Å². The van der Waals surface area contributed by atoms with Gasteiger partial charge in [-0.3, -0.25) is 4.79 Å². The third-order valence-electron chi connectivity index (χ3n) is 6.54. The molecule has 1 amide bonds. The van der Waals surface area contributed by atoms with E-state index < -0.39 is 0 Å². The van der Waals surface area contributed by atoms with Gasteiger partial charge in [0.1, 0.15) is 0 Å². The summed E-state index contributed by atoms with van der Waals surface area (Å²) in [6.45, 7) is 4.55. The molecule has 2 aliphatic rings. The molecule has 146 valence electrons. The van der Waals surface area contributed by atoms with Gasteiger partial charge in [-0.2, -0.15) is 0 Å². The summed E-state index contributed by atoms with van der Waals surface area (Å²) >= 11 is 0. The second kappa shape index (κ2) is 8.05. The van der Waals surface area contributed by atoms with Crippen molar-refractivity contribution in [3.8, 4) is 0 Å². The van der Waals surface area contributed by atoms with Crippen molar-refractivity contribution in [2.24, 2.45) is 7.05 Å². The number of aromatic nitrogens is 1. The number of likely N-dealkylation sites (tertiary alicyclic amines) is 1. The lowest BCUT2D eigenvalue weighted by Gasteiger charge is -2.26. The van der Waals surface area contributed by atoms with E-state index in [9.17, 15) is 4.79 Å². The van der Waals surface area contributed by atoms with Crippen LogP contribution in [0.1, 0.15) is 60.1 Å². The van der Waals surface area contributed by atoms with Crippen molar-refractivity contribution in [1.29, 1.82) is 0 Å². The molecule has 1 aliphatic carbocycles. The summed E-state index contributed by atoms with van der Waals surface area (Å²) in [5, 5.41) is 1.29. The number of nitrogens with zero attached hydrogens (tertiary/aromatic N) is 3. The summed E-state index contributed by atoms with van der Waals surface area (Å²) in [5.74, 6) is 0.158. The maximum absolute atomic E-state index is 12.9. The molecule has 0 saturated carbocycles. The number of carbonyl (C=O) groups is 1. The first-order valence-corrected chi connectivity index (χ1v) is 10.7. The second-order valence-corrected chi connectivity index (χ2v) is 8.41. The van der Waals surface area contributed by atoms with Crippen LogP contribution in [0, 0.1) is 0 Å². The molecule has 1 saturated heterocycles. The SMILES string of the molecule is CN(CCCCN1CCCCC1)C(=O)c1ccc2c(c1)c1c(n2C)CCC1. The maximum atomic E-state index is 12.9. The molecule has 0 radical (unpaired) electrons. The van der Waals surface area contributed by atoms with E-state index in [1.165, 1.54) is 80.3 Å². The predicted molar refractivity (Wildman–Crippen MR) is 111 cm³/mol. The van der Waals surface area contributed by atoms with E-state index in [2.05, 4.69) is 28.6 Å². The smallest absolute Gasteiger partial charge is 0.253 e. The minimum atomic E-state index is 0.158. The Balaban J connectivity index is 1.35. The molecule has 4 heteroatoms. The van der Waals surface area contributed by atoms with Crippen molar-refractivity contribution in [3.63, 3.8) is 0 Å². The maximum Gasteiger partial charge on any atom is 0.253 e. The first-order chi connectivity index (χ1) is 13.1. The van der Waals surface area contributed by atoms with Gasteiger partial charge in [0, 0.05) is 42.8 Å². The Morgan fingerprint density at radius 1 is 1.07 bits per heavy atom. The van der Waals surface area contributed by atoms with E-state index in [1.807, 2.05) is 18.0 Å². The number of benzene rings is 1. The first kappa shape index (κ1) is 18.5. The van der Waals surface area contributed by atoms with Crippen LogP contribution in [-0.2, 0) is 19.9 Å². The fourth-order valence-electron chi connectivity index (χ4n) is 4.93. The normalized spacial score (nSPS) is 17.4. The van der Waals surface area contributed by atoms with Gasteiger partial charge >= 0.3 is 0 Å². The molecule has 0 unspecified atom stereocenters. The summed E-state index contributed by atoms with van der Waals surface area (Å²) in [5.41, 5.74) is 5.02. The summed E-state index contributed by atoms with van der Waals surface area (Å²) < 4.78 is 2.32. The van der Waals surface area contributed by atoms with Gasteiger partial charge in [-0.25, -0.2) is 0 Å². The molecule has 0 N–H and O–H groups in total. The Hall–Kier alpha value is -1.81. The fraction of sp³-hybridized carbons (Fsp3) is 0.609. The summed E-state index contributed by atoms with van der Waals surface area (Å²) in [6.07, 6.45) is 9.92. The monoisotopic (exact) mass is 367 g/mol. The molecule has 1 fully saturated rings. The number of rotatable bonds is 6. The molecule has 0 bridgehead atoms. The molecule has 4 nitrogen and oxygen atoms in total. The number of carbonyl (C=O) groups excluding carboxylic acids is 1. The Bertz CT molecular complexity index is 817. The number of aryl methyl sites for hydroxylation is 2. The van der Waals surface area contributed by atoms with Gasteiger partial charge < -0.3 is 14.4 Å². The molecule has 4 rings (SSSR count). The predicted octanol–water partition coefficient (Wildman–Crippen LogP) is 4.01. The molecule has 0 spiro atoms. The number of unbranched alkanes of at least 4 members (excludes halogenated alkanes) is 1. The molecule has 1 aromatic heterocycles. The number of piperidine rings is 1. The van der Waals surface area contributed by atoms with Crippen LogP contribution in [0.4, 0.5) is 0 Å². The zero-order valence-corrected chi connectivity index (χ0v) is 17.0. The standard InChI is InChI=1S/C23H33N3O/c1-24(13-6-7-16-26-14-4-3-5-15-26)23(27)18-11-12-22-20(17-18)19-9-8-10-21(19)25(22)2/h11-12,17H,3-10,13-16H2,1-2H3. The van der Waals surface area contributed by atoms with E-state index in [1.54, 1.807) is 0 Å². The summed E-state index contributed by atoms with van der Waals surface area (Å²) in [7, 11) is 4.10. The molecule has 2 heterocycles. The quantitative estimate of drug-likeness (QED) is 0.722. The molecule has 1 aliphatic heterocycles. The van der Waals surface area contributed by atoms with Gasteiger partial charge in [0.15, 0.2) is 0 Å². The molecule has 27 heavy (non-hydrogen) atoms. The van der Waals surface area contributed by atoms with Gasteiger partial charge in [0.2, 0.25) is 0 Å². The number of hydrogen-bond acceptors (Lipinski definition) is 2. The van der Waals surface area contributed by atoms with Crippen LogP contribution in [0.5, 0.6) is 0 Å². The van der Waals surface area contributed by atoms with Gasteiger partial charge in [-0.05, 0) is 88.3 Å². The van der Waals surface area contributed by atoms with Crippen LogP contribution >= 0.6 is 0 Å². The average molecular weight is 368 g/mol. The Kier molecular flexibility index (Phi) is 5.53. The van der Waals surface area contributed by atoms with Crippen LogP contribution in [0.15, 0.2) is 18.2 Å². The van der Waals surface area contributed by atoms with E-state index in [0.29, 0.717) is 0 Å². The van der Waals surface area contributed by atoms with E-state index in [-0.39, 0.29) is 5.91 Å². The molecule has 2 aromatic rings. The van der Waals surface area contributed by atoms with Crippen molar-refractivity contribution in [1.82, 2.24) is 14.4 Å². The third-order valence-corrected chi connectivity index (χ3v) is 6.54. The zero-order chi connectivity index (χ0) is 18.8. The molecule has 0 atom stereocenters. The Morgan fingerprint density at radius 2 is 1.89 bits per heavy atom. The van der Waals surface area contributed by atoms with Gasteiger partial charge in [-0.1, -0.05) is 6.42 Å². The lowest BCUT2D eigenvalue weighted by Crippen LogP contribution is -2.32. The number of fused-ring (bicyclic) bond motifs is 3. The highest BCUT2D eigenvalue weighted by atomic mass is 16.2. The van der Waals surface area contributed by atoms with Crippen molar-refractivity contribution in [2.75, 3.05) is 33.2 Å². The van der Waals surface area contributed by atoms with Crippen LogP contribution in [0.2, 0.25) is 0 Å². The minimum Gasteiger partial charge on any atom is -0.347 e. The number of hydrogen-bond donors (Lipinski definition) is 0. The van der Waals surface area contributed by atoms with Crippen molar-refractivity contribution < 1.29 is 4.79 Å². The lowest BCUT2D eigenvalue weighted by molar-refractivity contribution is 0.0791. The summed E-state index contributed by atoms with van der Waals surface area (Å²) in [4.78, 5) is 17.4. The van der Waals surface area contributed by atoms with Crippen molar-refractivity contribution >= 4 is 16.8 Å². The highest BCUT2D eigenvalue weighted by Crippen LogP contribution is 2.33. The van der Waals surface area contributed by atoms with Gasteiger partial charge in [0.25, 0.3) is 5.91 Å². The topological polar surface area (TPSA) is 28.5 Å². The highest BCUT2D eigenvalue weighted by molar-refractivity contribution is 5.99. The minimum absolute atomic E-state index is 0.158. The largest absolute Gasteiger partial charge is 0.347 e. The van der Waals surface area contributed by atoms with Crippen LogP contribution in [-0.4, -0.2) is 53.5 Å². The van der Waals surface area contributed by atoms with Crippen molar-refractivity contribution in [3.05, 3.63) is 35.0 Å². The zero-order valence-electron chi connectivity index (χ0n) is 17.0. The third kappa shape index (κ3) is 3.77. The molecular formula is C23H33N3O. The van der Waals surface area contributed by atoms with Crippen LogP contribution < -0.4 is 0 Å². The molecule has 1 aromatic carbocycles. The summed E-state index contributed by atoms with van der Waals surface area (Å²) in [6, 6.07) is 6.27. The van der Waals surface area contributed by atoms with E-state index in [0.717, 1.165) is 24.9 Å². The van der Waals surface area contributed by atoms with Crippen LogP contribution in [0.25, 0.3) is 10.9 Å². The van der Waals surface area contributed by atoms with Gasteiger partial charge in [-0.15, -0.1) is 0 Å². The molecular weight excluding hydrogens is 334 g/mol. The first-order valence-electron chi connectivity index (χ1n) is 10.7. The van der Waals surface area contributed by atoms with Gasteiger partial charge in [0.05, 0.1) is 0 Å². The fourth-order valence-corrected chi connectivity index (χ4v) is 4.93. The average Bonchev–Trinajstić information content (AvgIpc) is 3.28. The highest BCUT2D eigenvalue weighted by Gasteiger charge is 2.21. The van der Waals surface area contributed by atoms with Crippen molar-refractivity contribution in [2.45, 2.75) is 51.4 Å². The van der Waals surface area contributed by atoms with E-state index in [4.69, 9.17) is 0 Å². The Labute approximate surface area is 163 Å².